The van der Waals surface area contributed by atoms with Gasteiger partial charge >= 0.3 is 5.97 Å². The number of aryl methyl sites for hydroxylation is 2. The summed E-state index contributed by atoms with van der Waals surface area (Å²) in [5.74, 6) is -1.31. The molecule has 1 amide bonds. The maximum absolute atomic E-state index is 13.6. The highest BCUT2D eigenvalue weighted by atomic mass is 16.4. The van der Waals surface area contributed by atoms with E-state index in [2.05, 4.69) is 10.3 Å². The first kappa shape index (κ1) is 28.8. The quantitative estimate of drug-likeness (QED) is 0.387. The molecule has 0 bridgehead atoms. The summed E-state index contributed by atoms with van der Waals surface area (Å²) in [5, 5.41) is 12.6. The summed E-state index contributed by atoms with van der Waals surface area (Å²) in [6.45, 7) is 8.62. The van der Waals surface area contributed by atoms with Crippen LogP contribution in [0.4, 0.5) is 0 Å². The van der Waals surface area contributed by atoms with Crippen LogP contribution in [0.5, 0.6) is 0 Å². The number of aromatic nitrogens is 2. The first-order chi connectivity index (χ1) is 18.0. The normalized spacial score (nSPS) is 12.9. The minimum absolute atomic E-state index is 0.131. The van der Waals surface area contributed by atoms with Crippen LogP contribution in [-0.4, -0.2) is 45.5 Å². The van der Waals surface area contributed by atoms with Gasteiger partial charge in [0.05, 0.1) is 12.5 Å². The smallest absolute Gasteiger partial charge is 0.305 e. The number of amides is 1. The predicted molar refractivity (Wildman–Crippen MR) is 149 cm³/mol. The van der Waals surface area contributed by atoms with E-state index in [1.807, 2.05) is 77.0 Å². The van der Waals surface area contributed by atoms with Crippen LogP contribution < -0.4 is 10.9 Å². The average Bonchev–Trinajstić information content (AvgIpc) is 2.82. The Balaban J connectivity index is 1.96. The Morgan fingerprint density at radius 3 is 2.34 bits per heavy atom. The number of benzene rings is 1. The van der Waals surface area contributed by atoms with Crippen LogP contribution in [0.2, 0.25) is 0 Å². The fourth-order valence-electron chi connectivity index (χ4n) is 4.79. The van der Waals surface area contributed by atoms with Crippen LogP contribution in [-0.2, 0) is 16.1 Å². The number of carboxylic acid groups (broad SMARTS) is 1. The van der Waals surface area contributed by atoms with E-state index in [9.17, 15) is 19.5 Å². The maximum Gasteiger partial charge on any atom is 0.305 e. The summed E-state index contributed by atoms with van der Waals surface area (Å²) in [4.78, 5) is 44.8. The molecule has 2 heterocycles. The van der Waals surface area contributed by atoms with E-state index in [1.54, 1.807) is 24.7 Å². The van der Waals surface area contributed by atoms with Crippen LogP contribution in [0, 0.1) is 19.8 Å². The largest absolute Gasteiger partial charge is 0.481 e. The molecule has 2 N–H and O–H groups in total. The minimum Gasteiger partial charge on any atom is -0.481 e. The number of rotatable bonds is 11. The Morgan fingerprint density at radius 2 is 1.76 bits per heavy atom. The van der Waals surface area contributed by atoms with Gasteiger partial charge in [-0.2, -0.15) is 0 Å². The molecule has 3 aromatic rings. The molecule has 2 aromatic heterocycles. The molecule has 1 aromatic carbocycles. The van der Waals surface area contributed by atoms with E-state index in [4.69, 9.17) is 0 Å². The third kappa shape index (κ3) is 7.38. The van der Waals surface area contributed by atoms with E-state index < -0.39 is 24.0 Å². The molecule has 0 fully saturated rings. The number of carbonyl (C=O) groups is 2. The van der Waals surface area contributed by atoms with E-state index in [0.717, 1.165) is 27.8 Å². The van der Waals surface area contributed by atoms with Crippen molar-refractivity contribution in [1.82, 2.24) is 19.8 Å². The van der Waals surface area contributed by atoms with Crippen molar-refractivity contribution in [2.75, 3.05) is 14.1 Å². The summed E-state index contributed by atoms with van der Waals surface area (Å²) < 4.78 is 1.44. The highest BCUT2D eigenvalue weighted by Gasteiger charge is 2.27. The second kappa shape index (κ2) is 12.6. The Kier molecular flexibility index (Phi) is 9.58. The van der Waals surface area contributed by atoms with Gasteiger partial charge < -0.3 is 19.9 Å². The topological polar surface area (TPSA) is 105 Å². The van der Waals surface area contributed by atoms with Gasteiger partial charge in [0.2, 0.25) is 5.91 Å². The van der Waals surface area contributed by atoms with Crippen molar-refractivity contribution >= 4 is 11.9 Å². The lowest BCUT2D eigenvalue weighted by molar-refractivity contribution is -0.138. The molecular weight excluding hydrogens is 480 g/mol. The van der Waals surface area contributed by atoms with Gasteiger partial charge in [0.25, 0.3) is 5.56 Å². The molecule has 3 rings (SSSR count). The molecule has 0 saturated heterocycles. The lowest BCUT2D eigenvalue weighted by atomic mass is 9.94. The Morgan fingerprint density at radius 1 is 1.08 bits per heavy atom. The van der Waals surface area contributed by atoms with Gasteiger partial charge in [0.1, 0.15) is 6.04 Å². The molecule has 2 atom stereocenters. The molecule has 0 radical (unpaired) electrons. The Labute approximate surface area is 224 Å². The van der Waals surface area contributed by atoms with Gasteiger partial charge in [-0.1, -0.05) is 32.0 Å². The summed E-state index contributed by atoms with van der Waals surface area (Å²) in [6.07, 6.45) is 5.11. The van der Waals surface area contributed by atoms with Crippen LogP contribution >= 0.6 is 0 Å². The van der Waals surface area contributed by atoms with Crippen LogP contribution in [0.1, 0.15) is 61.0 Å². The molecule has 0 spiro atoms. The van der Waals surface area contributed by atoms with Crippen molar-refractivity contribution in [1.29, 1.82) is 0 Å². The van der Waals surface area contributed by atoms with Crippen LogP contribution in [0.25, 0.3) is 11.1 Å². The zero-order valence-electron chi connectivity index (χ0n) is 23.1. The van der Waals surface area contributed by atoms with Gasteiger partial charge in [0.15, 0.2) is 0 Å². The Bertz CT molecular complexity index is 1330. The summed E-state index contributed by atoms with van der Waals surface area (Å²) in [7, 11) is 3.85. The first-order valence-electron chi connectivity index (χ1n) is 12.9. The number of carboxylic acids is 1. The monoisotopic (exact) mass is 518 g/mol. The van der Waals surface area contributed by atoms with E-state index in [-0.39, 0.29) is 17.9 Å². The number of hydrogen-bond acceptors (Lipinski definition) is 5. The molecule has 38 heavy (non-hydrogen) atoms. The number of nitrogens with zero attached hydrogens (tertiary/aromatic N) is 3. The van der Waals surface area contributed by atoms with Crippen molar-refractivity contribution in [3.8, 4) is 11.1 Å². The van der Waals surface area contributed by atoms with E-state index in [1.165, 1.54) is 4.57 Å². The molecule has 0 saturated carbocycles. The van der Waals surface area contributed by atoms with Crippen molar-refractivity contribution < 1.29 is 14.7 Å². The molecular formula is C30H38N4O4. The van der Waals surface area contributed by atoms with Gasteiger partial charge in [-0.15, -0.1) is 0 Å². The first-order valence-corrected chi connectivity index (χ1v) is 12.9. The van der Waals surface area contributed by atoms with Crippen molar-refractivity contribution in [3.63, 3.8) is 0 Å². The fourth-order valence-corrected chi connectivity index (χ4v) is 4.79. The second-order valence-electron chi connectivity index (χ2n) is 10.6. The van der Waals surface area contributed by atoms with Crippen molar-refractivity contribution in [2.45, 2.75) is 59.2 Å². The molecule has 0 aliphatic rings. The highest BCUT2D eigenvalue weighted by molar-refractivity contribution is 5.82. The van der Waals surface area contributed by atoms with Crippen molar-refractivity contribution in [3.05, 3.63) is 87.6 Å². The highest BCUT2D eigenvalue weighted by Crippen LogP contribution is 2.29. The molecule has 1 unspecified atom stereocenters. The van der Waals surface area contributed by atoms with Gasteiger partial charge in [-0.3, -0.25) is 19.4 Å². The summed E-state index contributed by atoms with van der Waals surface area (Å²) >= 11 is 0. The zero-order chi connectivity index (χ0) is 28.0. The summed E-state index contributed by atoms with van der Waals surface area (Å²) in [5.41, 5.74) is 5.24. The number of aliphatic carboxylic acids is 1. The standard InChI is InChI=1S/C30H38N4O4/c1-19(2)12-26(34-11-10-22(13-27(34)35)18-33(5)6)30(38)32-25(15-28(36)37)23-14-24(17-31-16-23)29-20(3)8-7-9-21(29)4/h7-11,13-14,16-17,19,25-26H,12,15,18H2,1-6H3,(H,32,38)(H,36,37)/t25-,26?/m0/s1. The van der Waals surface area contributed by atoms with Crippen molar-refractivity contribution in [2.24, 2.45) is 5.92 Å². The molecule has 0 aliphatic carbocycles. The maximum atomic E-state index is 13.6. The van der Waals surface area contributed by atoms with E-state index >= 15 is 0 Å². The number of hydrogen-bond donors (Lipinski definition) is 2. The fraction of sp³-hybridized carbons (Fsp3) is 0.400. The average molecular weight is 519 g/mol. The van der Waals surface area contributed by atoms with Gasteiger partial charge in [-0.25, -0.2) is 0 Å². The van der Waals surface area contributed by atoms with Gasteiger partial charge in [-0.05, 0) is 80.2 Å². The minimum atomic E-state index is -1.04. The predicted octanol–water partition coefficient (Wildman–Crippen LogP) is 4.51. The van der Waals surface area contributed by atoms with Crippen LogP contribution in [0.15, 0.2) is 59.8 Å². The third-order valence-electron chi connectivity index (χ3n) is 6.47. The third-order valence-corrected chi connectivity index (χ3v) is 6.47. The lowest BCUT2D eigenvalue weighted by Gasteiger charge is -2.25. The second-order valence-corrected chi connectivity index (χ2v) is 10.6. The SMILES string of the molecule is Cc1cccc(C)c1-c1cncc([C@H](CC(=O)O)NC(=O)C(CC(C)C)n2ccc(CN(C)C)cc2=O)c1. The number of pyridine rings is 2. The number of carbonyl (C=O) groups excluding carboxylic acids is 1. The van der Waals surface area contributed by atoms with E-state index in [0.29, 0.717) is 18.5 Å². The molecule has 8 nitrogen and oxygen atoms in total. The Hall–Kier alpha value is -3.78. The van der Waals surface area contributed by atoms with Crippen LogP contribution in [0.3, 0.4) is 0 Å². The lowest BCUT2D eigenvalue weighted by Crippen LogP contribution is -2.40. The zero-order valence-corrected chi connectivity index (χ0v) is 23.1. The molecule has 202 valence electrons. The molecule has 0 aliphatic heterocycles. The number of nitrogens with one attached hydrogen (secondary N) is 1. The van der Waals surface area contributed by atoms with Gasteiger partial charge in [0, 0.05) is 36.8 Å². The molecule has 8 heteroatoms. The summed E-state index contributed by atoms with van der Waals surface area (Å²) in [6, 6.07) is 9.71.